The molecule has 0 unspecified atom stereocenters. The van der Waals surface area contributed by atoms with E-state index in [1.165, 1.54) is 0 Å². The standard InChI is InChI=1S/C19H20N4O2/c1-12-16(15-4-2-3-5-17(15)22-12)10-18(24)21-11-13-6-8-14(9-7-13)23-19(20)25/h2-9,22H,10-11H2,1H3,(H,21,24)(H3,20,23,25). The summed E-state index contributed by atoms with van der Waals surface area (Å²) in [5.41, 5.74) is 9.71. The van der Waals surface area contributed by atoms with E-state index in [9.17, 15) is 9.59 Å². The van der Waals surface area contributed by atoms with Crippen LogP contribution in [0.15, 0.2) is 48.5 Å². The Balaban J connectivity index is 1.61. The molecule has 5 N–H and O–H groups in total. The fraction of sp³-hybridized carbons (Fsp3) is 0.158. The van der Waals surface area contributed by atoms with Crippen LogP contribution in [0.3, 0.4) is 0 Å². The molecule has 2 aromatic carbocycles. The van der Waals surface area contributed by atoms with E-state index in [1.807, 2.05) is 43.3 Å². The summed E-state index contributed by atoms with van der Waals surface area (Å²) in [5.74, 6) is -0.0350. The number of H-pyrrole nitrogens is 1. The molecule has 3 amide bonds. The minimum Gasteiger partial charge on any atom is -0.358 e. The molecule has 0 aliphatic carbocycles. The molecule has 0 spiro atoms. The van der Waals surface area contributed by atoms with Crippen LogP contribution in [0.25, 0.3) is 10.9 Å². The van der Waals surface area contributed by atoms with Crippen molar-refractivity contribution < 1.29 is 9.59 Å². The van der Waals surface area contributed by atoms with Gasteiger partial charge in [-0.1, -0.05) is 30.3 Å². The molecule has 6 heteroatoms. The van der Waals surface area contributed by atoms with Crippen molar-refractivity contribution in [1.82, 2.24) is 10.3 Å². The Hall–Kier alpha value is -3.28. The van der Waals surface area contributed by atoms with Gasteiger partial charge in [-0.25, -0.2) is 4.79 Å². The van der Waals surface area contributed by atoms with E-state index in [0.29, 0.717) is 18.7 Å². The summed E-state index contributed by atoms with van der Waals surface area (Å²) in [6.45, 7) is 2.41. The third-order valence-electron chi connectivity index (χ3n) is 4.08. The Morgan fingerprint density at radius 2 is 1.80 bits per heavy atom. The molecule has 0 saturated carbocycles. The van der Waals surface area contributed by atoms with Crippen LogP contribution < -0.4 is 16.4 Å². The fourth-order valence-electron chi connectivity index (χ4n) is 2.83. The number of aromatic amines is 1. The molecule has 0 radical (unpaired) electrons. The highest BCUT2D eigenvalue weighted by atomic mass is 16.2. The lowest BCUT2D eigenvalue weighted by atomic mass is 10.1. The number of carbonyl (C=O) groups is 2. The molecular weight excluding hydrogens is 316 g/mol. The maximum atomic E-state index is 12.3. The number of hydrogen-bond acceptors (Lipinski definition) is 2. The van der Waals surface area contributed by atoms with Gasteiger partial charge >= 0.3 is 6.03 Å². The van der Waals surface area contributed by atoms with Crippen LogP contribution in [-0.4, -0.2) is 16.9 Å². The smallest absolute Gasteiger partial charge is 0.316 e. The first-order chi connectivity index (χ1) is 12.0. The van der Waals surface area contributed by atoms with E-state index < -0.39 is 6.03 Å². The third-order valence-corrected chi connectivity index (χ3v) is 4.08. The second-order valence-electron chi connectivity index (χ2n) is 5.91. The van der Waals surface area contributed by atoms with Gasteiger partial charge in [-0.2, -0.15) is 0 Å². The van der Waals surface area contributed by atoms with E-state index in [1.54, 1.807) is 12.1 Å². The number of nitrogens with one attached hydrogen (secondary N) is 3. The monoisotopic (exact) mass is 336 g/mol. The lowest BCUT2D eigenvalue weighted by Gasteiger charge is -2.07. The van der Waals surface area contributed by atoms with E-state index in [0.717, 1.165) is 27.7 Å². The van der Waals surface area contributed by atoms with Crippen molar-refractivity contribution in [3.63, 3.8) is 0 Å². The number of carbonyl (C=O) groups excluding carboxylic acids is 2. The molecule has 0 aliphatic heterocycles. The van der Waals surface area contributed by atoms with E-state index in [4.69, 9.17) is 5.73 Å². The van der Waals surface area contributed by atoms with Gasteiger partial charge in [0.2, 0.25) is 5.91 Å². The minimum atomic E-state index is -0.602. The largest absolute Gasteiger partial charge is 0.358 e. The van der Waals surface area contributed by atoms with Crippen LogP contribution in [-0.2, 0) is 17.8 Å². The number of amides is 3. The topological polar surface area (TPSA) is 100 Å². The predicted molar refractivity (Wildman–Crippen MR) is 98.2 cm³/mol. The van der Waals surface area contributed by atoms with Crippen molar-refractivity contribution in [3.05, 3.63) is 65.4 Å². The molecule has 0 fully saturated rings. The van der Waals surface area contributed by atoms with Gasteiger partial charge in [0.1, 0.15) is 0 Å². The fourth-order valence-corrected chi connectivity index (χ4v) is 2.83. The molecule has 0 atom stereocenters. The first-order valence-electron chi connectivity index (χ1n) is 8.01. The van der Waals surface area contributed by atoms with Gasteiger partial charge in [0.05, 0.1) is 6.42 Å². The van der Waals surface area contributed by atoms with Gasteiger partial charge in [0.15, 0.2) is 0 Å². The number of urea groups is 1. The Morgan fingerprint density at radius 1 is 1.08 bits per heavy atom. The first kappa shape index (κ1) is 16.6. The van der Waals surface area contributed by atoms with Crippen molar-refractivity contribution in [1.29, 1.82) is 0 Å². The Bertz CT molecular complexity index is 913. The highest BCUT2D eigenvalue weighted by Crippen LogP contribution is 2.22. The first-order valence-corrected chi connectivity index (χ1v) is 8.01. The summed E-state index contributed by atoms with van der Waals surface area (Å²) in [4.78, 5) is 26.4. The SMILES string of the molecule is Cc1[nH]c2ccccc2c1CC(=O)NCc1ccc(NC(N)=O)cc1. The van der Waals surface area contributed by atoms with Gasteiger partial charge < -0.3 is 21.4 Å². The molecule has 0 aliphatic rings. The van der Waals surface area contributed by atoms with Crippen molar-refractivity contribution in [3.8, 4) is 0 Å². The van der Waals surface area contributed by atoms with Crippen LogP contribution in [0.2, 0.25) is 0 Å². The number of primary amides is 1. The number of rotatable bonds is 5. The van der Waals surface area contributed by atoms with Gasteiger partial charge in [-0.3, -0.25) is 4.79 Å². The quantitative estimate of drug-likeness (QED) is 0.576. The Morgan fingerprint density at radius 3 is 2.52 bits per heavy atom. The van der Waals surface area contributed by atoms with E-state index in [2.05, 4.69) is 15.6 Å². The van der Waals surface area contributed by atoms with Crippen molar-refractivity contribution in [2.75, 3.05) is 5.32 Å². The zero-order valence-electron chi connectivity index (χ0n) is 13.9. The van der Waals surface area contributed by atoms with Gasteiger partial charge in [-0.05, 0) is 36.2 Å². The second kappa shape index (κ2) is 7.09. The van der Waals surface area contributed by atoms with E-state index >= 15 is 0 Å². The lowest BCUT2D eigenvalue weighted by Crippen LogP contribution is -2.24. The molecule has 1 aromatic heterocycles. The number of aromatic nitrogens is 1. The summed E-state index contributed by atoms with van der Waals surface area (Å²) in [5, 5.41) is 6.50. The van der Waals surface area contributed by atoms with Crippen LogP contribution in [0.1, 0.15) is 16.8 Å². The number of nitrogens with two attached hydrogens (primary N) is 1. The van der Waals surface area contributed by atoms with Crippen LogP contribution in [0, 0.1) is 6.92 Å². The summed E-state index contributed by atoms with van der Waals surface area (Å²) >= 11 is 0. The molecule has 1 heterocycles. The summed E-state index contributed by atoms with van der Waals surface area (Å²) in [6.07, 6.45) is 0.331. The maximum Gasteiger partial charge on any atom is 0.316 e. The number of aryl methyl sites for hydroxylation is 1. The number of para-hydroxylation sites is 1. The molecule has 6 nitrogen and oxygen atoms in total. The van der Waals surface area contributed by atoms with Crippen LogP contribution in [0.4, 0.5) is 10.5 Å². The zero-order valence-corrected chi connectivity index (χ0v) is 13.9. The van der Waals surface area contributed by atoms with Crippen molar-refractivity contribution in [2.24, 2.45) is 5.73 Å². The van der Waals surface area contributed by atoms with Gasteiger partial charge in [0, 0.05) is 28.8 Å². The average Bonchev–Trinajstić information content (AvgIpc) is 2.89. The molecule has 25 heavy (non-hydrogen) atoms. The Kier molecular flexibility index (Phi) is 4.70. The summed E-state index contributed by atoms with van der Waals surface area (Å²) in [7, 11) is 0. The molecule has 3 aromatic rings. The van der Waals surface area contributed by atoms with Crippen LogP contribution in [0.5, 0.6) is 0 Å². The molecule has 0 saturated heterocycles. The molecule has 128 valence electrons. The summed E-state index contributed by atoms with van der Waals surface area (Å²) in [6, 6.07) is 14.5. The number of benzene rings is 2. The van der Waals surface area contributed by atoms with Gasteiger partial charge in [-0.15, -0.1) is 0 Å². The highest BCUT2D eigenvalue weighted by molar-refractivity contribution is 5.90. The van der Waals surface area contributed by atoms with Gasteiger partial charge in [0.25, 0.3) is 0 Å². The minimum absolute atomic E-state index is 0.0350. The molecular formula is C19H20N4O2. The molecule has 3 rings (SSSR count). The normalized spacial score (nSPS) is 10.6. The Labute approximate surface area is 145 Å². The number of fused-ring (bicyclic) bond motifs is 1. The molecule has 0 bridgehead atoms. The van der Waals surface area contributed by atoms with Crippen molar-refractivity contribution in [2.45, 2.75) is 19.9 Å². The second-order valence-corrected chi connectivity index (χ2v) is 5.91. The number of anilines is 1. The number of hydrogen-bond donors (Lipinski definition) is 4. The highest BCUT2D eigenvalue weighted by Gasteiger charge is 2.12. The van der Waals surface area contributed by atoms with Crippen LogP contribution >= 0.6 is 0 Å². The average molecular weight is 336 g/mol. The van der Waals surface area contributed by atoms with E-state index in [-0.39, 0.29) is 5.91 Å². The maximum absolute atomic E-state index is 12.3. The lowest BCUT2D eigenvalue weighted by molar-refractivity contribution is -0.120. The third kappa shape index (κ3) is 3.98. The summed E-state index contributed by atoms with van der Waals surface area (Å²) < 4.78 is 0. The predicted octanol–water partition coefficient (Wildman–Crippen LogP) is 2.83. The zero-order chi connectivity index (χ0) is 17.8. The van der Waals surface area contributed by atoms with Crippen molar-refractivity contribution >= 4 is 28.5 Å².